The van der Waals surface area contributed by atoms with Crippen molar-refractivity contribution in [2.45, 2.75) is 12.5 Å². The van der Waals surface area contributed by atoms with Gasteiger partial charge in [0.05, 0.1) is 38.9 Å². The summed E-state index contributed by atoms with van der Waals surface area (Å²) in [5, 5.41) is 4.75. The first-order chi connectivity index (χ1) is 10.1. The highest BCUT2D eigenvalue weighted by atomic mass is 35.5. The number of nitrogens with one attached hydrogen (secondary N) is 1. The van der Waals surface area contributed by atoms with Crippen LogP contribution < -0.4 is 4.90 Å². The smallest absolute Gasteiger partial charge is 0.267 e. The number of amides is 1. The van der Waals surface area contributed by atoms with Crippen molar-refractivity contribution in [3.05, 3.63) is 34.9 Å². The zero-order chi connectivity index (χ0) is 14.8. The van der Waals surface area contributed by atoms with E-state index in [1.165, 1.54) is 4.90 Å². The van der Waals surface area contributed by atoms with Gasteiger partial charge in [-0.05, 0) is 17.7 Å². The first kappa shape index (κ1) is 14.4. The molecule has 1 aromatic rings. The monoisotopic (exact) mass is 308 g/mol. The van der Waals surface area contributed by atoms with Gasteiger partial charge in [0.1, 0.15) is 0 Å². The number of quaternary nitrogens is 1. The highest BCUT2D eigenvalue weighted by Crippen LogP contribution is 2.20. The molecule has 1 amide bonds. The quantitative estimate of drug-likeness (QED) is 0.848. The highest BCUT2D eigenvalue weighted by molar-refractivity contribution is 6.30. The average Bonchev–Trinajstić information content (AvgIpc) is 2.98. The van der Waals surface area contributed by atoms with Crippen molar-refractivity contribution in [1.29, 1.82) is 0 Å². The van der Waals surface area contributed by atoms with Crippen LogP contribution >= 0.6 is 11.6 Å². The van der Waals surface area contributed by atoms with E-state index in [4.69, 9.17) is 16.4 Å². The van der Waals surface area contributed by atoms with Crippen LogP contribution in [0.3, 0.4) is 0 Å². The lowest BCUT2D eigenvalue weighted by molar-refractivity contribution is -0.883. The molecule has 2 heterocycles. The molecule has 0 saturated carbocycles. The maximum Gasteiger partial charge on any atom is 0.267 e. The molecule has 0 spiro atoms. The van der Waals surface area contributed by atoms with Crippen LogP contribution in [-0.4, -0.2) is 55.8 Å². The molecule has 1 fully saturated rings. The van der Waals surface area contributed by atoms with Crippen LogP contribution in [0.15, 0.2) is 29.4 Å². The van der Waals surface area contributed by atoms with Crippen LogP contribution in [0.4, 0.5) is 0 Å². The Bertz CT molecular complexity index is 551. The number of carbonyl (C=O) groups excluding carboxylic acids is 1. The zero-order valence-electron chi connectivity index (χ0n) is 12.0. The summed E-state index contributed by atoms with van der Waals surface area (Å²) in [6.45, 7) is 3.56. The van der Waals surface area contributed by atoms with Crippen molar-refractivity contribution < 1.29 is 14.5 Å². The highest BCUT2D eigenvalue weighted by Gasteiger charge is 2.34. The molecule has 0 bridgehead atoms. The van der Waals surface area contributed by atoms with Gasteiger partial charge in [-0.1, -0.05) is 28.9 Å². The molecule has 0 radical (unpaired) electrons. The summed E-state index contributed by atoms with van der Waals surface area (Å²) in [6.07, 6.45) is 0.0497. The molecule has 0 unspecified atom stereocenters. The van der Waals surface area contributed by atoms with Gasteiger partial charge >= 0.3 is 0 Å². The average molecular weight is 309 g/mol. The SMILES string of the molecule is C[NH+]1CCN(C(=O)[C@H]2CC(c3ccc(Cl)cc3)=NO2)CC1. The number of halogens is 1. The minimum atomic E-state index is -0.478. The summed E-state index contributed by atoms with van der Waals surface area (Å²) >= 11 is 5.88. The second-order valence-corrected chi connectivity index (χ2v) is 6.06. The fourth-order valence-electron chi connectivity index (χ4n) is 2.64. The van der Waals surface area contributed by atoms with Crippen molar-refractivity contribution in [3.8, 4) is 0 Å². The standard InChI is InChI=1S/C15H18ClN3O2/c1-18-6-8-19(9-7-18)15(20)14-10-13(17-21-14)11-2-4-12(16)5-3-11/h2-5,14H,6-10H2,1H3/p+1/t14-/m1/s1. The molecule has 112 valence electrons. The van der Waals surface area contributed by atoms with Gasteiger partial charge in [-0.15, -0.1) is 0 Å². The van der Waals surface area contributed by atoms with Crippen LogP contribution in [0.5, 0.6) is 0 Å². The summed E-state index contributed by atoms with van der Waals surface area (Å²) in [5.74, 6) is 0.0511. The number of piperazine rings is 1. The molecule has 21 heavy (non-hydrogen) atoms. The molecule has 6 heteroatoms. The minimum absolute atomic E-state index is 0.0511. The van der Waals surface area contributed by atoms with Crippen molar-refractivity contribution in [2.75, 3.05) is 33.2 Å². The lowest BCUT2D eigenvalue weighted by Gasteiger charge is -2.31. The van der Waals surface area contributed by atoms with E-state index in [1.807, 2.05) is 29.2 Å². The number of likely N-dealkylation sites (N-methyl/N-ethyl adjacent to an activating group) is 1. The molecule has 2 aliphatic rings. The zero-order valence-corrected chi connectivity index (χ0v) is 12.8. The fourth-order valence-corrected chi connectivity index (χ4v) is 2.76. The molecule has 2 aliphatic heterocycles. The molecule has 1 aromatic carbocycles. The van der Waals surface area contributed by atoms with Crippen molar-refractivity contribution in [3.63, 3.8) is 0 Å². The Balaban J connectivity index is 1.60. The predicted octanol–water partition coefficient (Wildman–Crippen LogP) is 0.190. The lowest BCUT2D eigenvalue weighted by Crippen LogP contribution is -3.12. The van der Waals surface area contributed by atoms with E-state index in [9.17, 15) is 4.79 Å². The third-order valence-corrected chi connectivity index (χ3v) is 4.30. The van der Waals surface area contributed by atoms with E-state index in [2.05, 4.69) is 12.2 Å². The first-order valence-corrected chi connectivity index (χ1v) is 7.60. The van der Waals surface area contributed by atoms with Crippen LogP contribution in [-0.2, 0) is 9.63 Å². The van der Waals surface area contributed by atoms with Gasteiger partial charge in [0.15, 0.2) is 0 Å². The van der Waals surface area contributed by atoms with E-state index in [1.54, 1.807) is 0 Å². The molecule has 0 aromatic heterocycles. The van der Waals surface area contributed by atoms with E-state index < -0.39 is 6.10 Å². The number of oxime groups is 1. The third kappa shape index (κ3) is 3.19. The lowest BCUT2D eigenvalue weighted by atomic mass is 10.0. The van der Waals surface area contributed by atoms with E-state index in [0.717, 1.165) is 37.5 Å². The van der Waals surface area contributed by atoms with Crippen LogP contribution in [0, 0.1) is 0 Å². The van der Waals surface area contributed by atoms with E-state index in [0.29, 0.717) is 11.4 Å². The van der Waals surface area contributed by atoms with Crippen LogP contribution in [0.1, 0.15) is 12.0 Å². The molecule has 0 aliphatic carbocycles. The topological polar surface area (TPSA) is 46.3 Å². The first-order valence-electron chi connectivity index (χ1n) is 7.22. The van der Waals surface area contributed by atoms with Gasteiger partial charge in [-0.25, -0.2) is 0 Å². The Morgan fingerprint density at radius 1 is 1.33 bits per heavy atom. The summed E-state index contributed by atoms with van der Waals surface area (Å²) in [5.41, 5.74) is 1.77. The van der Waals surface area contributed by atoms with Crippen molar-refractivity contribution >= 4 is 23.2 Å². The third-order valence-electron chi connectivity index (χ3n) is 4.05. The van der Waals surface area contributed by atoms with Gasteiger partial charge in [-0.3, -0.25) is 4.79 Å². The summed E-state index contributed by atoms with van der Waals surface area (Å²) in [7, 11) is 2.15. The Labute approximate surface area is 129 Å². The number of hydrogen-bond acceptors (Lipinski definition) is 3. The molecular weight excluding hydrogens is 290 g/mol. The molecular formula is C15H19ClN3O2+. The number of carbonyl (C=O) groups is 1. The Hall–Kier alpha value is -1.59. The normalized spacial score (nSPS) is 22.9. The second kappa shape index (κ2) is 6.03. The number of benzene rings is 1. The maximum atomic E-state index is 12.4. The van der Waals surface area contributed by atoms with Crippen LogP contribution in [0.25, 0.3) is 0 Å². The van der Waals surface area contributed by atoms with Gasteiger partial charge < -0.3 is 14.6 Å². The fraction of sp³-hybridized carbons (Fsp3) is 0.467. The van der Waals surface area contributed by atoms with Gasteiger partial charge in [-0.2, -0.15) is 0 Å². The molecule has 1 saturated heterocycles. The number of rotatable bonds is 2. The molecule has 5 nitrogen and oxygen atoms in total. The maximum absolute atomic E-state index is 12.4. The summed E-state index contributed by atoms with van der Waals surface area (Å²) < 4.78 is 0. The minimum Gasteiger partial charge on any atom is -0.382 e. The summed E-state index contributed by atoms with van der Waals surface area (Å²) in [6, 6.07) is 7.43. The Morgan fingerprint density at radius 3 is 2.67 bits per heavy atom. The van der Waals surface area contributed by atoms with Gasteiger partial charge in [0.2, 0.25) is 6.10 Å². The molecule has 3 rings (SSSR count). The van der Waals surface area contributed by atoms with Gasteiger partial charge in [0, 0.05) is 11.4 Å². The van der Waals surface area contributed by atoms with Crippen molar-refractivity contribution in [1.82, 2.24) is 4.90 Å². The second-order valence-electron chi connectivity index (χ2n) is 5.63. The predicted molar refractivity (Wildman–Crippen MR) is 80.7 cm³/mol. The Kier molecular flexibility index (Phi) is 4.12. The Morgan fingerprint density at radius 2 is 2.00 bits per heavy atom. The number of hydrogen-bond donors (Lipinski definition) is 1. The molecule has 1 N–H and O–H groups in total. The largest absolute Gasteiger partial charge is 0.382 e. The summed E-state index contributed by atoms with van der Waals surface area (Å²) in [4.78, 5) is 21.1. The van der Waals surface area contributed by atoms with Crippen molar-refractivity contribution in [2.24, 2.45) is 5.16 Å². The van der Waals surface area contributed by atoms with Gasteiger partial charge in [0.25, 0.3) is 5.91 Å². The van der Waals surface area contributed by atoms with E-state index >= 15 is 0 Å². The molecule has 1 atom stereocenters. The number of nitrogens with zero attached hydrogens (tertiary/aromatic N) is 2. The van der Waals surface area contributed by atoms with E-state index in [-0.39, 0.29) is 5.91 Å². The van der Waals surface area contributed by atoms with Crippen LogP contribution in [0.2, 0.25) is 5.02 Å².